The molecule has 0 radical (unpaired) electrons. The van der Waals surface area contributed by atoms with Gasteiger partial charge < -0.3 is 35.8 Å². The van der Waals surface area contributed by atoms with Gasteiger partial charge in [-0.25, -0.2) is 14.4 Å². The first kappa shape index (κ1) is 47.4. The molecule has 0 saturated carbocycles. The summed E-state index contributed by atoms with van der Waals surface area (Å²) in [5.74, 6) is 5.63. The molecule has 5 aliphatic heterocycles. The van der Waals surface area contributed by atoms with Crippen LogP contribution in [-0.2, 0) is 16.1 Å². The van der Waals surface area contributed by atoms with Crippen LogP contribution in [0.2, 0.25) is 0 Å². The summed E-state index contributed by atoms with van der Waals surface area (Å²) in [6.07, 6.45) is 1.38. The monoisotopic (exact) mass is 1080 g/mol. The fraction of sp³-hybridized carbons (Fsp3) is 0.273. The van der Waals surface area contributed by atoms with Crippen molar-refractivity contribution in [2.75, 3.05) is 56.2 Å². The van der Waals surface area contributed by atoms with E-state index in [0.29, 0.717) is 36.4 Å². The number of benzene rings is 4. The van der Waals surface area contributed by atoms with E-state index in [1.807, 2.05) is 42.5 Å². The normalized spacial score (nSPS) is 18.1. The average Bonchev–Trinajstić information content (AvgIpc) is 4.11. The third-order valence-corrected chi connectivity index (χ3v) is 11.5. The summed E-state index contributed by atoms with van der Waals surface area (Å²) >= 11 is 8.97. The van der Waals surface area contributed by atoms with E-state index >= 15 is 0 Å². The summed E-state index contributed by atoms with van der Waals surface area (Å²) in [6.45, 7) is 3.92. The van der Waals surface area contributed by atoms with E-state index in [1.54, 1.807) is 46.2 Å². The minimum absolute atomic E-state index is 0. The topological polar surface area (TPSA) is 182 Å². The number of rotatable bonds is 5. The van der Waals surface area contributed by atoms with Crippen LogP contribution in [0.4, 0.5) is 25.8 Å². The number of ether oxygens (including phenoxy) is 1. The molecule has 0 aliphatic carbocycles. The number of halogens is 3. The lowest BCUT2D eigenvalue weighted by Gasteiger charge is -2.26. The van der Waals surface area contributed by atoms with Crippen LogP contribution in [0, 0.1) is 15.4 Å². The number of methoxy groups -OCH3 is 1. The lowest BCUT2D eigenvalue weighted by molar-refractivity contribution is -0.122. The molecular formula is C44H45Br2IN8O7. The Balaban J connectivity index is 0.000000209. The van der Waals surface area contributed by atoms with E-state index < -0.39 is 17.5 Å². The highest BCUT2D eigenvalue weighted by atomic mass is 127. The number of urea groups is 3. The van der Waals surface area contributed by atoms with Crippen LogP contribution in [0.3, 0.4) is 0 Å². The van der Waals surface area contributed by atoms with E-state index in [-0.39, 0.29) is 37.8 Å². The van der Waals surface area contributed by atoms with Gasteiger partial charge in [0, 0.05) is 80.7 Å². The van der Waals surface area contributed by atoms with Gasteiger partial charge in [-0.05, 0) is 120 Å². The van der Waals surface area contributed by atoms with Gasteiger partial charge in [-0.15, -0.1) is 0 Å². The smallest absolute Gasteiger partial charge is 0.323 e. The second-order valence-corrected chi connectivity index (χ2v) is 17.0. The summed E-state index contributed by atoms with van der Waals surface area (Å²) in [6, 6.07) is 27.6. The fourth-order valence-electron chi connectivity index (χ4n) is 6.62. The maximum atomic E-state index is 13.0. The van der Waals surface area contributed by atoms with Crippen molar-refractivity contribution in [3.8, 4) is 17.6 Å². The number of hydrogen-bond donors (Lipinski definition) is 5. The molecule has 1 atom stereocenters. The minimum atomic E-state index is -1.58. The first-order valence-corrected chi connectivity index (χ1v) is 21.8. The zero-order valence-corrected chi connectivity index (χ0v) is 38.2. The van der Waals surface area contributed by atoms with Crippen molar-refractivity contribution >= 4 is 102 Å². The second kappa shape index (κ2) is 21.9. The van der Waals surface area contributed by atoms with Gasteiger partial charge in [0.25, 0.3) is 11.8 Å². The van der Waals surface area contributed by atoms with Crippen molar-refractivity contribution < 1.29 is 33.5 Å². The minimum Gasteiger partial charge on any atom is -0.497 e. The molecule has 4 fully saturated rings. The number of fused-ring (bicyclic) bond motifs is 1. The predicted octanol–water partition coefficient (Wildman–Crippen LogP) is 6.38. The molecule has 0 aromatic heterocycles. The van der Waals surface area contributed by atoms with E-state index in [1.165, 1.54) is 15.6 Å². The lowest BCUT2D eigenvalue weighted by Crippen LogP contribution is -2.54. The maximum Gasteiger partial charge on any atom is 0.323 e. The van der Waals surface area contributed by atoms with Crippen molar-refractivity contribution in [1.82, 2.24) is 31.5 Å². The van der Waals surface area contributed by atoms with Crippen molar-refractivity contribution in [3.63, 3.8) is 0 Å². The highest BCUT2D eigenvalue weighted by Crippen LogP contribution is 2.29. The SMILES string of the molecule is Brc1ccc(I)cc1.C.COc1ccc2c(c1)C(=O)N(C[C@@]1(C#Cc3ccc(N4CCCC4=O)cc3)NC(=O)NC1=O)C2.O=C1NCCN1.O=C1NCCN1c1ccc(Br)cc1. The third kappa shape index (κ3) is 12.3. The molecule has 0 spiro atoms. The second-order valence-electron chi connectivity index (χ2n) is 13.9. The molecule has 5 N–H and O–H groups in total. The van der Waals surface area contributed by atoms with E-state index in [0.717, 1.165) is 58.5 Å². The largest absolute Gasteiger partial charge is 0.497 e. The maximum absolute atomic E-state index is 13.0. The lowest BCUT2D eigenvalue weighted by atomic mass is 9.99. The fourth-order valence-corrected chi connectivity index (χ4v) is 7.51. The van der Waals surface area contributed by atoms with Crippen molar-refractivity contribution in [3.05, 3.63) is 120 Å². The van der Waals surface area contributed by atoms with Crippen LogP contribution < -0.4 is 41.1 Å². The number of nitrogens with one attached hydrogen (secondary N) is 5. The van der Waals surface area contributed by atoms with Crippen LogP contribution in [0.1, 0.15) is 41.8 Å². The quantitative estimate of drug-likeness (QED) is 0.0875. The first-order valence-electron chi connectivity index (χ1n) is 19.1. The number of carbonyl (C=O) groups is 6. The summed E-state index contributed by atoms with van der Waals surface area (Å²) in [4.78, 5) is 75.9. The Morgan fingerprint density at radius 3 is 1.90 bits per heavy atom. The molecule has 9 amide bonds. The zero-order chi connectivity index (χ0) is 43.5. The molecule has 324 valence electrons. The Labute approximate surface area is 390 Å². The van der Waals surface area contributed by atoms with Gasteiger partial charge in [-0.3, -0.25) is 24.6 Å². The number of nitrogens with zero attached hydrogens (tertiary/aromatic N) is 3. The zero-order valence-electron chi connectivity index (χ0n) is 32.9. The van der Waals surface area contributed by atoms with Gasteiger partial charge >= 0.3 is 18.1 Å². The van der Waals surface area contributed by atoms with Crippen molar-refractivity contribution in [2.45, 2.75) is 32.4 Å². The molecule has 9 rings (SSSR count). The Bertz CT molecular complexity index is 2330. The van der Waals surface area contributed by atoms with Gasteiger partial charge in [0.2, 0.25) is 11.4 Å². The van der Waals surface area contributed by atoms with E-state index in [9.17, 15) is 28.8 Å². The Morgan fingerprint density at radius 2 is 1.39 bits per heavy atom. The van der Waals surface area contributed by atoms with Crippen molar-refractivity contribution in [2.24, 2.45) is 0 Å². The van der Waals surface area contributed by atoms with E-state index in [2.05, 4.69) is 105 Å². The molecule has 62 heavy (non-hydrogen) atoms. The van der Waals surface area contributed by atoms with Gasteiger partial charge in [-0.2, -0.15) is 0 Å². The molecule has 5 aliphatic rings. The van der Waals surface area contributed by atoms with Crippen LogP contribution in [-0.4, -0.2) is 92.6 Å². The molecule has 15 nitrogen and oxygen atoms in total. The number of amides is 9. The molecule has 4 aromatic rings. The van der Waals surface area contributed by atoms with Crippen LogP contribution >= 0.6 is 54.5 Å². The average molecular weight is 1080 g/mol. The molecule has 18 heteroatoms. The summed E-state index contributed by atoms with van der Waals surface area (Å²) in [5.41, 5.74) is 2.08. The van der Waals surface area contributed by atoms with Gasteiger partial charge in [0.15, 0.2) is 0 Å². The molecule has 4 saturated heterocycles. The summed E-state index contributed by atoms with van der Waals surface area (Å²) in [7, 11) is 1.53. The summed E-state index contributed by atoms with van der Waals surface area (Å²) in [5, 5.41) is 12.7. The first-order chi connectivity index (χ1) is 29.3. The highest BCUT2D eigenvalue weighted by molar-refractivity contribution is 14.1. The van der Waals surface area contributed by atoms with Crippen LogP contribution in [0.5, 0.6) is 5.75 Å². The number of hydrogen-bond acceptors (Lipinski definition) is 7. The van der Waals surface area contributed by atoms with Gasteiger partial charge in [0.1, 0.15) is 5.75 Å². The Hall–Kier alpha value is -5.65. The Kier molecular flexibility index (Phi) is 16.8. The van der Waals surface area contributed by atoms with Crippen LogP contribution in [0.15, 0.2) is 99.9 Å². The van der Waals surface area contributed by atoms with Gasteiger partial charge in [-0.1, -0.05) is 57.2 Å². The third-order valence-electron chi connectivity index (χ3n) is 9.73. The molecule has 0 unspecified atom stereocenters. The molecule has 4 aromatic carbocycles. The number of imide groups is 1. The summed E-state index contributed by atoms with van der Waals surface area (Å²) < 4.78 is 8.64. The number of anilines is 2. The molecular weight excluding hydrogens is 1040 g/mol. The van der Waals surface area contributed by atoms with E-state index in [4.69, 9.17) is 4.74 Å². The Morgan fingerprint density at radius 1 is 0.758 bits per heavy atom. The van der Waals surface area contributed by atoms with Crippen LogP contribution in [0.25, 0.3) is 0 Å². The molecule has 0 bridgehead atoms. The predicted molar refractivity (Wildman–Crippen MR) is 252 cm³/mol. The number of carbonyl (C=O) groups excluding carboxylic acids is 6. The van der Waals surface area contributed by atoms with Crippen molar-refractivity contribution in [1.29, 1.82) is 0 Å². The van der Waals surface area contributed by atoms with Gasteiger partial charge in [0.05, 0.1) is 13.7 Å². The standard InChI is InChI=1S/C25H22N4O5.C9H9BrN2O.C6H4BrI.C3H6N2O.CH4/c1-34-19-9-6-17-14-28(22(31)20(17)13-19)15-25(23(32)26-24(33)27-25)11-10-16-4-7-18(8-5-16)29-12-2-3-21(29)30;10-7-1-3-8(4-2-7)12-6-5-11-9(12)13;7-5-1-3-6(8)4-2-5;6-3-4-1-2-5-3;/h4-9,13H,2-3,12,14-15H2,1H3,(H2,26,27,32,33);1-4H,5-6H2,(H,11,13);1-4H;1-2H2,(H2,4,5,6);1H4/t25-;;;;/m1..../s1. The highest BCUT2D eigenvalue weighted by Gasteiger charge is 2.48. The molecule has 5 heterocycles.